The first-order valence-electron chi connectivity index (χ1n) is 22.2. The van der Waals surface area contributed by atoms with E-state index in [1.54, 1.807) is 0 Å². The highest BCUT2D eigenvalue weighted by molar-refractivity contribution is 6.22. The van der Waals surface area contributed by atoms with E-state index < -0.39 is 0 Å². The van der Waals surface area contributed by atoms with E-state index in [0.29, 0.717) is 5.92 Å². The largest absolute Gasteiger partial charge is 0.454 e. The average molecular weight is 796 g/mol. The minimum atomic E-state index is 0.510. The highest BCUT2D eigenvalue weighted by atomic mass is 16.3. The summed E-state index contributed by atoms with van der Waals surface area (Å²) in [5, 5.41) is 9.93. The summed E-state index contributed by atoms with van der Waals surface area (Å²) in [6.07, 6.45) is 6.31. The first kappa shape index (κ1) is 36.4. The van der Waals surface area contributed by atoms with Gasteiger partial charge in [-0.3, -0.25) is 0 Å². The van der Waals surface area contributed by atoms with Crippen molar-refractivity contribution in [1.29, 1.82) is 0 Å². The van der Waals surface area contributed by atoms with Gasteiger partial charge in [0, 0.05) is 22.1 Å². The van der Waals surface area contributed by atoms with Crippen molar-refractivity contribution >= 4 is 71.3 Å². The molecule has 12 rings (SSSR count). The van der Waals surface area contributed by atoms with Crippen molar-refractivity contribution in [2.75, 3.05) is 4.90 Å². The lowest BCUT2D eigenvalue weighted by Gasteiger charge is -2.26. The molecule has 0 bridgehead atoms. The van der Waals surface area contributed by atoms with Crippen LogP contribution in [0.2, 0.25) is 0 Å². The fourth-order valence-electron chi connectivity index (χ4n) is 10.2. The molecular weight excluding hydrogens is 751 g/mol. The third-order valence-electron chi connectivity index (χ3n) is 13.4. The maximum Gasteiger partial charge on any atom is 0.159 e. The Balaban J connectivity index is 0.960. The molecule has 0 atom stereocenters. The van der Waals surface area contributed by atoms with Gasteiger partial charge in [-0.15, -0.1) is 0 Å². The van der Waals surface area contributed by atoms with E-state index in [1.807, 2.05) is 0 Å². The van der Waals surface area contributed by atoms with Crippen LogP contribution in [-0.2, 0) is 0 Å². The fraction of sp³-hybridized carbons (Fsp3) is 0.100. The molecule has 62 heavy (non-hydrogen) atoms. The number of anilines is 3. The van der Waals surface area contributed by atoms with Gasteiger partial charge >= 0.3 is 0 Å². The summed E-state index contributed by atoms with van der Waals surface area (Å²) in [6, 6.07) is 75.5. The van der Waals surface area contributed by atoms with Gasteiger partial charge in [-0.05, 0) is 145 Å². The number of nitrogens with zero attached hydrogens (tertiary/aromatic N) is 1. The second kappa shape index (κ2) is 15.2. The smallest absolute Gasteiger partial charge is 0.159 e. The standard InChI is InChI=1S/C60H45NO/c1-3-12-40(13-4-1)42-28-32-52(33-29-42)61(57-21-11-20-55-58-54-19-10-9-18-51(54)39-56(60(58)62-59(55)57)44-15-5-2-6-16-44)53-34-30-43(31-35-53)46-24-25-49-38-50(27-26-48(49)37-46)47-23-22-41-14-7-8-17-45(41)36-47/h1,3-4,7-14,17-39,44H,2,5-6,15-16H2. The molecule has 0 unspecified atom stereocenters. The molecule has 2 heteroatoms. The molecule has 0 radical (unpaired) electrons. The van der Waals surface area contributed by atoms with E-state index >= 15 is 0 Å². The van der Waals surface area contributed by atoms with Gasteiger partial charge in [0.15, 0.2) is 5.58 Å². The van der Waals surface area contributed by atoms with E-state index in [4.69, 9.17) is 4.42 Å². The molecule has 1 aromatic heterocycles. The number of hydrogen-bond donors (Lipinski definition) is 0. The molecule has 1 aliphatic carbocycles. The molecule has 1 heterocycles. The SMILES string of the molecule is c1ccc(-c2ccc(N(c3ccc(-c4ccc5cc(-c6ccc7ccccc7c6)ccc5c4)cc3)c3cccc4c3oc3c(C5CCCCC5)cc5ccccc5c34)cc2)cc1. The van der Waals surface area contributed by atoms with Crippen molar-refractivity contribution in [2.24, 2.45) is 0 Å². The Labute approximate surface area is 362 Å². The molecule has 0 amide bonds. The lowest BCUT2D eigenvalue weighted by Crippen LogP contribution is -2.10. The van der Waals surface area contributed by atoms with Crippen LogP contribution >= 0.6 is 0 Å². The van der Waals surface area contributed by atoms with Crippen LogP contribution in [0.15, 0.2) is 211 Å². The van der Waals surface area contributed by atoms with Gasteiger partial charge in [0.2, 0.25) is 0 Å². The Morgan fingerprint density at radius 1 is 0.355 bits per heavy atom. The quantitative estimate of drug-likeness (QED) is 0.160. The number of benzene rings is 10. The van der Waals surface area contributed by atoms with Gasteiger partial charge in [-0.2, -0.15) is 0 Å². The Bertz CT molecular complexity index is 3430. The topological polar surface area (TPSA) is 16.4 Å². The van der Waals surface area contributed by atoms with Crippen molar-refractivity contribution in [2.45, 2.75) is 38.0 Å². The zero-order valence-corrected chi connectivity index (χ0v) is 34.6. The van der Waals surface area contributed by atoms with Crippen LogP contribution in [0.1, 0.15) is 43.6 Å². The summed E-state index contributed by atoms with van der Waals surface area (Å²) in [5.41, 5.74) is 13.8. The van der Waals surface area contributed by atoms with Crippen LogP contribution in [-0.4, -0.2) is 0 Å². The zero-order valence-electron chi connectivity index (χ0n) is 34.6. The third kappa shape index (κ3) is 6.42. The van der Waals surface area contributed by atoms with E-state index in [2.05, 4.69) is 211 Å². The van der Waals surface area contributed by atoms with Crippen molar-refractivity contribution in [1.82, 2.24) is 0 Å². The maximum atomic E-state index is 7.24. The molecule has 1 aliphatic rings. The summed E-state index contributed by atoms with van der Waals surface area (Å²) in [7, 11) is 0. The van der Waals surface area contributed by atoms with E-state index in [0.717, 1.165) is 33.6 Å². The van der Waals surface area contributed by atoms with Crippen molar-refractivity contribution in [3.8, 4) is 33.4 Å². The summed E-state index contributed by atoms with van der Waals surface area (Å²) >= 11 is 0. The van der Waals surface area contributed by atoms with Crippen LogP contribution in [0.5, 0.6) is 0 Å². The predicted octanol–water partition coefficient (Wildman–Crippen LogP) is 17.6. The Morgan fingerprint density at radius 3 is 1.53 bits per heavy atom. The molecular formula is C60H45NO. The van der Waals surface area contributed by atoms with Crippen LogP contribution in [0.3, 0.4) is 0 Å². The first-order valence-corrected chi connectivity index (χ1v) is 22.2. The molecule has 11 aromatic rings. The molecule has 1 fully saturated rings. The van der Waals surface area contributed by atoms with Crippen LogP contribution in [0.4, 0.5) is 17.1 Å². The van der Waals surface area contributed by atoms with Gasteiger partial charge in [-0.1, -0.05) is 171 Å². The van der Waals surface area contributed by atoms with Gasteiger partial charge in [0.25, 0.3) is 0 Å². The maximum absolute atomic E-state index is 7.24. The molecule has 1 saturated carbocycles. The summed E-state index contributed by atoms with van der Waals surface area (Å²) in [6.45, 7) is 0. The lowest BCUT2D eigenvalue weighted by atomic mass is 9.82. The molecule has 2 nitrogen and oxygen atoms in total. The highest BCUT2D eigenvalue weighted by Crippen LogP contribution is 2.48. The van der Waals surface area contributed by atoms with E-state index in [9.17, 15) is 0 Å². The minimum absolute atomic E-state index is 0.510. The van der Waals surface area contributed by atoms with Crippen LogP contribution in [0, 0.1) is 0 Å². The van der Waals surface area contributed by atoms with Gasteiger partial charge in [0.1, 0.15) is 5.58 Å². The van der Waals surface area contributed by atoms with Crippen molar-refractivity contribution in [3.05, 3.63) is 212 Å². The third-order valence-corrected chi connectivity index (χ3v) is 13.4. The van der Waals surface area contributed by atoms with Crippen LogP contribution in [0.25, 0.3) is 87.6 Å². The molecule has 10 aromatic carbocycles. The van der Waals surface area contributed by atoms with Gasteiger partial charge < -0.3 is 9.32 Å². The zero-order chi connectivity index (χ0) is 41.0. The molecule has 0 spiro atoms. The number of furan rings is 1. The summed E-state index contributed by atoms with van der Waals surface area (Å²) in [4.78, 5) is 2.38. The molecule has 0 N–H and O–H groups in total. The molecule has 0 aliphatic heterocycles. The Kier molecular flexibility index (Phi) is 8.96. The molecule has 0 saturated heterocycles. The normalized spacial score (nSPS) is 13.4. The Hall–Kier alpha value is -7.42. The number of rotatable bonds is 7. The fourth-order valence-corrected chi connectivity index (χ4v) is 10.2. The average Bonchev–Trinajstić information content (AvgIpc) is 3.75. The number of hydrogen-bond acceptors (Lipinski definition) is 2. The second-order valence-corrected chi connectivity index (χ2v) is 17.1. The van der Waals surface area contributed by atoms with Gasteiger partial charge in [-0.25, -0.2) is 0 Å². The van der Waals surface area contributed by atoms with Crippen LogP contribution < -0.4 is 4.90 Å². The van der Waals surface area contributed by atoms with Crippen molar-refractivity contribution < 1.29 is 4.42 Å². The first-order chi connectivity index (χ1) is 30.7. The Morgan fingerprint density at radius 2 is 0.855 bits per heavy atom. The lowest BCUT2D eigenvalue weighted by molar-refractivity contribution is 0.442. The number of fused-ring (bicyclic) bond motifs is 7. The van der Waals surface area contributed by atoms with Crippen molar-refractivity contribution in [3.63, 3.8) is 0 Å². The van der Waals surface area contributed by atoms with E-state index in [1.165, 1.54) is 109 Å². The summed E-state index contributed by atoms with van der Waals surface area (Å²) in [5.74, 6) is 0.510. The summed E-state index contributed by atoms with van der Waals surface area (Å²) < 4.78 is 7.24. The second-order valence-electron chi connectivity index (χ2n) is 17.1. The highest BCUT2D eigenvalue weighted by Gasteiger charge is 2.25. The monoisotopic (exact) mass is 795 g/mol. The van der Waals surface area contributed by atoms with Gasteiger partial charge in [0.05, 0.1) is 5.69 Å². The minimum Gasteiger partial charge on any atom is -0.454 e. The molecule has 296 valence electrons. The van der Waals surface area contributed by atoms with E-state index in [-0.39, 0.29) is 0 Å². The predicted molar refractivity (Wildman–Crippen MR) is 263 cm³/mol. The number of para-hydroxylation sites is 1.